The molecule has 0 saturated heterocycles. The number of hydrogen-bond donors (Lipinski definition) is 1. The predicted molar refractivity (Wildman–Crippen MR) is 58.4 cm³/mol. The molecule has 7 nitrogen and oxygen atoms in total. The van der Waals surface area contributed by atoms with Crippen LogP contribution in [-0.4, -0.2) is 40.1 Å². The summed E-state index contributed by atoms with van der Waals surface area (Å²) >= 11 is 0. The average molecular weight is 290 g/mol. The minimum absolute atomic E-state index is 0.309. The van der Waals surface area contributed by atoms with Crippen LogP contribution < -0.4 is 0 Å². The van der Waals surface area contributed by atoms with Crippen molar-refractivity contribution in [3.63, 3.8) is 0 Å². The van der Waals surface area contributed by atoms with Crippen molar-refractivity contribution in [2.24, 2.45) is 0 Å². The van der Waals surface area contributed by atoms with E-state index in [1.165, 1.54) is 0 Å². The summed E-state index contributed by atoms with van der Waals surface area (Å²) in [5.74, 6) is -1.46. The molecule has 0 amide bonds. The van der Waals surface area contributed by atoms with Crippen LogP contribution in [0.4, 0.5) is 0 Å². The Hall–Kier alpha value is -0.710. The first-order valence-corrected chi connectivity index (χ1v) is 8.47. The van der Waals surface area contributed by atoms with Crippen LogP contribution in [0.25, 0.3) is 0 Å². The van der Waals surface area contributed by atoms with Crippen molar-refractivity contribution in [2.45, 2.75) is 4.58 Å². The summed E-state index contributed by atoms with van der Waals surface area (Å²) in [4.78, 5) is 0. The molecule has 1 N–H and O–H groups in total. The molecule has 0 aromatic carbocycles. The molecule has 0 unspecified atom stereocenters. The number of rotatable bonds is 6. The van der Waals surface area contributed by atoms with Crippen molar-refractivity contribution in [1.82, 2.24) is 0 Å². The fourth-order valence-electron chi connectivity index (χ4n) is 0.763. The van der Waals surface area contributed by atoms with Gasteiger partial charge >= 0.3 is 0 Å². The van der Waals surface area contributed by atoms with Gasteiger partial charge in [-0.1, -0.05) is 13.2 Å². The first-order valence-electron chi connectivity index (χ1n) is 3.64. The van der Waals surface area contributed by atoms with Crippen molar-refractivity contribution < 1.29 is 29.8 Å². The van der Waals surface area contributed by atoms with Crippen molar-refractivity contribution in [3.05, 3.63) is 24.0 Å². The van der Waals surface area contributed by atoms with E-state index in [9.17, 15) is 25.3 Å². The first kappa shape index (κ1) is 15.3. The Balaban J connectivity index is 5.80. The van der Waals surface area contributed by atoms with Gasteiger partial charge in [0.2, 0.25) is 0 Å². The fraction of sp³-hybridized carbons (Fsp3) is 0.333. The standard InChI is InChI=1S/C6H10O7S3/c1-3-14(7,8)6(5-16(11,12)13)15(9,10)4-2/h3-4,6H,1-2,5H2,(H,11,12,13). The van der Waals surface area contributed by atoms with Gasteiger partial charge in [-0.15, -0.1) is 0 Å². The molecule has 0 aromatic heterocycles. The monoisotopic (exact) mass is 290 g/mol. The summed E-state index contributed by atoms with van der Waals surface area (Å²) < 4.78 is 72.3. The highest BCUT2D eigenvalue weighted by atomic mass is 32.3. The molecule has 0 saturated carbocycles. The summed E-state index contributed by atoms with van der Waals surface area (Å²) in [5.41, 5.74) is 0. The van der Waals surface area contributed by atoms with E-state index in [-0.39, 0.29) is 0 Å². The van der Waals surface area contributed by atoms with Crippen LogP contribution in [-0.2, 0) is 29.8 Å². The average Bonchev–Trinajstić information content (AvgIpc) is 2.12. The summed E-state index contributed by atoms with van der Waals surface area (Å²) in [6.07, 6.45) is 0. The second-order valence-electron chi connectivity index (χ2n) is 2.69. The Morgan fingerprint density at radius 2 is 1.25 bits per heavy atom. The molecule has 0 aliphatic carbocycles. The van der Waals surface area contributed by atoms with Crippen LogP contribution in [0.1, 0.15) is 0 Å². The van der Waals surface area contributed by atoms with Crippen LogP contribution in [0.15, 0.2) is 24.0 Å². The Morgan fingerprint density at radius 3 is 1.44 bits per heavy atom. The third-order valence-corrected chi connectivity index (χ3v) is 7.06. The van der Waals surface area contributed by atoms with E-state index < -0.39 is 40.1 Å². The maximum absolute atomic E-state index is 11.3. The normalized spacial score (nSPS) is 13.6. The molecule has 0 spiro atoms. The Labute approximate surface area is 94.1 Å². The molecular formula is C6H10O7S3. The summed E-state index contributed by atoms with van der Waals surface area (Å²) in [6.45, 7) is 5.74. The largest absolute Gasteiger partial charge is 0.285 e. The van der Waals surface area contributed by atoms with Crippen molar-refractivity contribution >= 4 is 29.8 Å². The Bertz CT molecular complexity index is 540. The topological polar surface area (TPSA) is 123 Å². The quantitative estimate of drug-likeness (QED) is 0.643. The fourth-order valence-corrected chi connectivity index (χ4v) is 6.05. The molecule has 0 radical (unpaired) electrons. The molecular weight excluding hydrogens is 280 g/mol. The van der Waals surface area contributed by atoms with Gasteiger partial charge in [0.15, 0.2) is 24.3 Å². The zero-order valence-corrected chi connectivity index (χ0v) is 10.4. The molecule has 94 valence electrons. The summed E-state index contributed by atoms with van der Waals surface area (Å²) in [7, 11) is -13.6. The third kappa shape index (κ3) is 4.04. The summed E-state index contributed by atoms with van der Waals surface area (Å²) in [5, 5.41) is 0.619. The molecule has 0 atom stereocenters. The number of sulfone groups is 2. The summed E-state index contributed by atoms with van der Waals surface area (Å²) in [6, 6.07) is 0. The molecule has 0 aromatic rings. The second kappa shape index (κ2) is 4.65. The van der Waals surface area contributed by atoms with Gasteiger partial charge in [-0.05, 0) is 0 Å². The molecule has 16 heavy (non-hydrogen) atoms. The van der Waals surface area contributed by atoms with E-state index in [1.54, 1.807) is 0 Å². The van der Waals surface area contributed by atoms with Crippen molar-refractivity contribution in [1.29, 1.82) is 0 Å². The van der Waals surface area contributed by atoms with Gasteiger partial charge in [-0.25, -0.2) is 16.8 Å². The van der Waals surface area contributed by atoms with Gasteiger partial charge in [-0.2, -0.15) is 8.42 Å². The van der Waals surface area contributed by atoms with Crippen LogP contribution in [0, 0.1) is 0 Å². The highest BCUT2D eigenvalue weighted by Gasteiger charge is 2.37. The van der Waals surface area contributed by atoms with E-state index in [0.29, 0.717) is 10.8 Å². The van der Waals surface area contributed by atoms with Gasteiger partial charge in [0, 0.05) is 10.8 Å². The van der Waals surface area contributed by atoms with Gasteiger partial charge in [0.1, 0.15) is 5.75 Å². The molecule has 0 bridgehead atoms. The van der Waals surface area contributed by atoms with E-state index in [4.69, 9.17) is 4.55 Å². The molecule has 0 fully saturated rings. The third-order valence-electron chi connectivity index (χ3n) is 1.54. The highest BCUT2D eigenvalue weighted by molar-refractivity contribution is 8.12. The van der Waals surface area contributed by atoms with Crippen LogP contribution >= 0.6 is 0 Å². The molecule has 0 heterocycles. The van der Waals surface area contributed by atoms with E-state index in [2.05, 4.69) is 13.2 Å². The Kier molecular flexibility index (Phi) is 4.45. The van der Waals surface area contributed by atoms with Gasteiger partial charge in [0.25, 0.3) is 10.1 Å². The van der Waals surface area contributed by atoms with Crippen LogP contribution in [0.2, 0.25) is 0 Å². The smallest absolute Gasteiger partial charge is 0.267 e. The highest BCUT2D eigenvalue weighted by Crippen LogP contribution is 2.15. The van der Waals surface area contributed by atoms with Crippen molar-refractivity contribution in [2.75, 3.05) is 5.75 Å². The lowest BCUT2D eigenvalue weighted by atomic mass is 10.9. The van der Waals surface area contributed by atoms with Crippen molar-refractivity contribution in [3.8, 4) is 0 Å². The first-order chi connectivity index (χ1) is 6.96. The van der Waals surface area contributed by atoms with E-state index >= 15 is 0 Å². The minimum Gasteiger partial charge on any atom is -0.285 e. The van der Waals surface area contributed by atoms with E-state index in [1.807, 2.05) is 0 Å². The van der Waals surface area contributed by atoms with Gasteiger partial charge in [0.05, 0.1) is 0 Å². The zero-order chi connectivity index (χ0) is 13.2. The molecule has 0 rings (SSSR count). The lowest BCUT2D eigenvalue weighted by molar-refractivity contribution is 0.482. The molecule has 0 aliphatic rings. The molecule has 10 heteroatoms. The minimum atomic E-state index is -4.76. The second-order valence-corrected chi connectivity index (χ2v) is 8.65. The predicted octanol–water partition coefficient (Wildman–Crippen LogP) is -0.683. The van der Waals surface area contributed by atoms with Crippen LogP contribution in [0.3, 0.4) is 0 Å². The zero-order valence-electron chi connectivity index (χ0n) is 7.97. The Morgan fingerprint density at radius 1 is 0.938 bits per heavy atom. The van der Waals surface area contributed by atoms with Gasteiger partial charge < -0.3 is 0 Å². The molecule has 0 aliphatic heterocycles. The maximum Gasteiger partial charge on any atom is 0.267 e. The van der Waals surface area contributed by atoms with E-state index in [0.717, 1.165) is 0 Å². The van der Waals surface area contributed by atoms with Crippen LogP contribution in [0.5, 0.6) is 0 Å². The maximum atomic E-state index is 11.3. The lowest BCUT2D eigenvalue weighted by Crippen LogP contribution is -2.34. The lowest BCUT2D eigenvalue weighted by Gasteiger charge is -2.11. The van der Waals surface area contributed by atoms with Gasteiger partial charge in [-0.3, -0.25) is 4.55 Å². The SMILES string of the molecule is C=CS(=O)(=O)C(CS(=O)(=O)O)S(=O)(=O)C=C. The number of hydrogen-bond acceptors (Lipinski definition) is 6.